The predicted molar refractivity (Wildman–Crippen MR) is 76.4 cm³/mol. The first-order valence-corrected chi connectivity index (χ1v) is 7.70. The third kappa shape index (κ3) is 3.66. The Morgan fingerprint density at radius 1 is 1.15 bits per heavy atom. The van der Waals surface area contributed by atoms with Gasteiger partial charge in [0.15, 0.2) is 0 Å². The molecule has 108 valence electrons. The minimum atomic E-state index is -3.49. The smallest absolute Gasteiger partial charge is 0.240 e. The molecule has 0 bridgehead atoms. The van der Waals surface area contributed by atoms with Crippen LogP contribution in [0.3, 0.4) is 0 Å². The summed E-state index contributed by atoms with van der Waals surface area (Å²) in [5, 5.41) is 7.01. The molecule has 6 nitrogen and oxygen atoms in total. The molecule has 0 aliphatic rings. The minimum Gasteiger partial charge on any atom is -0.316 e. The van der Waals surface area contributed by atoms with Crippen LogP contribution in [0.1, 0.15) is 11.1 Å². The summed E-state index contributed by atoms with van der Waals surface area (Å²) in [7, 11) is 0.149. The lowest BCUT2D eigenvalue weighted by atomic mass is 10.2. The van der Waals surface area contributed by atoms with Gasteiger partial charge in [-0.05, 0) is 24.7 Å². The van der Waals surface area contributed by atoms with Crippen LogP contribution in [0.25, 0.3) is 0 Å². The van der Waals surface area contributed by atoms with Crippen LogP contribution in [0, 0.1) is 0 Å². The fourth-order valence-corrected chi connectivity index (χ4v) is 2.83. The maximum absolute atomic E-state index is 12.1. The molecular weight excluding hydrogens is 276 g/mol. The number of sulfonamides is 1. The van der Waals surface area contributed by atoms with Crippen molar-refractivity contribution >= 4 is 10.0 Å². The molecule has 1 aromatic heterocycles. The number of nitrogens with zero attached hydrogens (tertiary/aromatic N) is 2. The zero-order valence-electron chi connectivity index (χ0n) is 11.5. The molecule has 20 heavy (non-hydrogen) atoms. The van der Waals surface area contributed by atoms with Gasteiger partial charge in [-0.3, -0.25) is 4.68 Å². The molecule has 0 saturated carbocycles. The molecule has 0 atom stereocenters. The van der Waals surface area contributed by atoms with Crippen LogP contribution in [0.2, 0.25) is 0 Å². The topological polar surface area (TPSA) is 76.0 Å². The molecule has 0 unspecified atom stereocenters. The van der Waals surface area contributed by atoms with Crippen molar-refractivity contribution in [1.29, 1.82) is 0 Å². The second-order valence-corrected chi connectivity index (χ2v) is 6.29. The first kappa shape index (κ1) is 14.7. The van der Waals surface area contributed by atoms with Gasteiger partial charge >= 0.3 is 0 Å². The number of nitrogens with one attached hydrogen (secondary N) is 2. The monoisotopic (exact) mass is 294 g/mol. The molecule has 2 rings (SSSR count). The molecule has 1 aromatic carbocycles. The fourth-order valence-electron chi connectivity index (χ4n) is 1.82. The van der Waals surface area contributed by atoms with Crippen molar-refractivity contribution in [2.24, 2.45) is 7.05 Å². The fraction of sp³-hybridized carbons (Fsp3) is 0.308. The molecule has 0 spiro atoms. The van der Waals surface area contributed by atoms with Crippen LogP contribution in [0.4, 0.5) is 0 Å². The molecule has 0 aliphatic carbocycles. The molecule has 0 radical (unpaired) electrons. The lowest BCUT2D eigenvalue weighted by Crippen LogP contribution is -2.23. The van der Waals surface area contributed by atoms with Gasteiger partial charge in [-0.1, -0.05) is 12.1 Å². The van der Waals surface area contributed by atoms with Crippen molar-refractivity contribution < 1.29 is 8.42 Å². The van der Waals surface area contributed by atoms with E-state index in [0.29, 0.717) is 6.54 Å². The third-order valence-electron chi connectivity index (χ3n) is 2.84. The maximum atomic E-state index is 12.1. The Morgan fingerprint density at radius 3 is 2.40 bits per heavy atom. The van der Waals surface area contributed by atoms with E-state index in [9.17, 15) is 8.42 Å². The molecule has 7 heteroatoms. The van der Waals surface area contributed by atoms with E-state index in [1.165, 1.54) is 0 Å². The Balaban J connectivity index is 2.05. The normalized spacial score (nSPS) is 11.7. The van der Waals surface area contributed by atoms with Gasteiger partial charge in [0.05, 0.1) is 11.1 Å². The summed E-state index contributed by atoms with van der Waals surface area (Å²) in [6, 6.07) is 6.82. The Morgan fingerprint density at radius 2 is 1.85 bits per heavy atom. The summed E-state index contributed by atoms with van der Waals surface area (Å²) in [6.07, 6.45) is 3.41. The molecule has 1 heterocycles. The standard InChI is InChI=1S/C13H18N4O2S/c1-14-7-11-3-5-13(6-4-11)20(18,19)16-9-12-8-15-17(2)10-12/h3-6,8,10,14,16H,7,9H2,1-2H3. The van der Waals surface area contributed by atoms with Gasteiger partial charge in [-0.15, -0.1) is 0 Å². The second kappa shape index (κ2) is 6.17. The summed E-state index contributed by atoms with van der Waals surface area (Å²) >= 11 is 0. The molecule has 2 N–H and O–H groups in total. The van der Waals surface area contributed by atoms with Crippen LogP contribution >= 0.6 is 0 Å². The maximum Gasteiger partial charge on any atom is 0.240 e. The Bertz CT molecular complexity index is 662. The quantitative estimate of drug-likeness (QED) is 0.819. The molecule has 2 aromatic rings. The van der Waals surface area contributed by atoms with Crippen molar-refractivity contribution in [3.05, 3.63) is 47.8 Å². The van der Waals surface area contributed by atoms with Gasteiger partial charge < -0.3 is 5.32 Å². The highest BCUT2D eigenvalue weighted by Gasteiger charge is 2.13. The van der Waals surface area contributed by atoms with Crippen molar-refractivity contribution in [2.45, 2.75) is 18.0 Å². The summed E-state index contributed by atoms with van der Waals surface area (Å²) in [6.45, 7) is 0.942. The zero-order chi connectivity index (χ0) is 14.6. The molecule has 0 aliphatic heterocycles. The van der Waals surface area contributed by atoms with Gasteiger partial charge in [0.25, 0.3) is 0 Å². The number of aryl methyl sites for hydroxylation is 1. The average molecular weight is 294 g/mol. The molecule has 0 amide bonds. The van der Waals surface area contributed by atoms with E-state index < -0.39 is 10.0 Å². The molecule has 0 fully saturated rings. The van der Waals surface area contributed by atoms with Crippen LogP contribution in [0.15, 0.2) is 41.6 Å². The van der Waals surface area contributed by atoms with Gasteiger partial charge in [0.1, 0.15) is 0 Å². The van der Waals surface area contributed by atoms with Gasteiger partial charge in [-0.25, -0.2) is 13.1 Å². The number of benzene rings is 1. The van der Waals surface area contributed by atoms with E-state index in [4.69, 9.17) is 0 Å². The lowest BCUT2D eigenvalue weighted by molar-refractivity contribution is 0.581. The van der Waals surface area contributed by atoms with E-state index in [0.717, 1.165) is 11.1 Å². The van der Waals surface area contributed by atoms with E-state index in [1.807, 2.05) is 7.05 Å². The first-order valence-electron chi connectivity index (χ1n) is 6.22. The molecule has 0 saturated heterocycles. The van der Waals surface area contributed by atoms with Crippen LogP contribution in [-0.4, -0.2) is 25.2 Å². The van der Waals surface area contributed by atoms with Gasteiger partial charge in [0.2, 0.25) is 10.0 Å². The van der Waals surface area contributed by atoms with E-state index in [2.05, 4.69) is 15.1 Å². The number of hydrogen-bond acceptors (Lipinski definition) is 4. The highest BCUT2D eigenvalue weighted by atomic mass is 32.2. The minimum absolute atomic E-state index is 0.231. The Kier molecular flexibility index (Phi) is 4.53. The van der Waals surface area contributed by atoms with Crippen molar-refractivity contribution in [3.63, 3.8) is 0 Å². The molecular formula is C13H18N4O2S. The summed E-state index contributed by atoms with van der Waals surface area (Å²) in [5.74, 6) is 0. The zero-order valence-corrected chi connectivity index (χ0v) is 12.3. The summed E-state index contributed by atoms with van der Waals surface area (Å²) < 4.78 is 28.4. The van der Waals surface area contributed by atoms with Crippen LogP contribution in [0.5, 0.6) is 0 Å². The van der Waals surface area contributed by atoms with E-state index >= 15 is 0 Å². The Labute approximate surface area is 118 Å². The van der Waals surface area contributed by atoms with Gasteiger partial charge in [0, 0.05) is 31.9 Å². The largest absolute Gasteiger partial charge is 0.316 e. The summed E-state index contributed by atoms with van der Waals surface area (Å²) in [5.41, 5.74) is 1.86. The lowest BCUT2D eigenvalue weighted by Gasteiger charge is -2.06. The summed E-state index contributed by atoms with van der Waals surface area (Å²) in [4.78, 5) is 0.265. The van der Waals surface area contributed by atoms with E-state index in [1.54, 1.807) is 48.4 Å². The highest BCUT2D eigenvalue weighted by Crippen LogP contribution is 2.11. The van der Waals surface area contributed by atoms with Gasteiger partial charge in [-0.2, -0.15) is 5.10 Å². The van der Waals surface area contributed by atoms with Crippen molar-refractivity contribution in [3.8, 4) is 0 Å². The second-order valence-electron chi connectivity index (χ2n) is 4.52. The number of rotatable bonds is 6. The third-order valence-corrected chi connectivity index (χ3v) is 4.26. The SMILES string of the molecule is CNCc1ccc(S(=O)(=O)NCc2cnn(C)c2)cc1. The van der Waals surface area contributed by atoms with Crippen molar-refractivity contribution in [2.75, 3.05) is 7.05 Å². The van der Waals surface area contributed by atoms with E-state index in [-0.39, 0.29) is 11.4 Å². The van der Waals surface area contributed by atoms with Crippen LogP contribution < -0.4 is 10.0 Å². The van der Waals surface area contributed by atoms with Crippen LogP contribution in [-0.2, 0) is 30.2 Å². The highest BCUT2D eigenvalue weighted by molar-refractivity contribution is 7.89. The van der Waals surface area contributed by atoms with Crippen molar-refractivity contribution in [1.82, 2.24) is 19.8 Å². The number of hydrogen-bond donors (Lipinski definition) is 2. The average Bonchev–Trinajstić information content (AvgIpc) is 2.84. The number of aromatic nitrogens is 2. The first-order chi connectivity index (χ1) is 9.51. The predicted octanol–water partition coefficient (Wildman–Crippen LogP) is 0.618. The Hall–Kier alpha value is -1.70.